The maximum atomic E-state index is 6.31. The second-order valence-corrected chi connectivity index (χ2v) is 5.43. The summed E-state index contributed by atoms with van der Waals surface area (Å²) < 4.78 is 1.78. The molecular weight excluding hydrogens is 260 g/mol. The standard InChI is InChI=1S/C14H19ClN4/c1-9(2)16-7-12-6-13(15)14(17-8-12)19-11(4)5-10(3)18-19/h5-6,8-9,16H,7H2,1-4H3. The van der Waals surface area contributed by atoms with Gasteiger partial charge in [0.05, 0.1) is 10.7 Å². The van der Waals surface area contributed by atoms with Crippen molar-refractivity contribution in [2.75, 3.05) is 0 Å². The van der Waals surface area contributed by atoms with Gasteiger partial charge in [-0.2, -0.15) is 5.10 Å². The van der Waals surface area contributed by atoms with E-state index in [1.807, 2.05) is 32.2 Å². The molecule has 0 fully saturated rings. The van der Waals surface area contributed by atoms with Crippen LogP contribution in [0.2, 0.25) is 5.02 Å². The summed E-state index contributed by atoms with van der Waals surface area (Å²) in [5, 5.41) is 8.36. The lowest BCUT2D eigenvalue weighted by atomic mass is 10.2. The summed E-state index contributed by atoms with van der Waals surface area (Å²) in [4.78, 5) is 4.43. The molecule has 0 saturated heterocycles. The monoisotopic (exact) mass is 278 g/mol. The Hall–Kier alpha value is -1.39. The van der Waals surface area contributed by atoms with Crippen LogP contribution in [0.1, 0.15) is 30.8 Å². The number of nitrogens with one attached hydrogen (secondary N) is 1. The zero-order chi connectivity index (χ0) is 14.0. The van der Waals surface area contributed by atoms with Gasteiger partial charge in [-0.05, 0) is 31.5 Å². The van der Waals surface area contributed by atoms with Crippen molar-refractivity contribution >= 4 is 11.6 Å². The smallest absolute Gasteiger partial charge is 0.172 e. The van der Waals surface area contributed by atoms with Crippen molar-refractivity contribution in [2.24, 2.45) is 0 Å². The highest BCUT2D eigenvalue weighted by Gasteiger charge is 2.10. The molecule has 0 atom stereocenters. The molecule has 1 N–H and O–H groups in total. The molecule has 2 aromatic rings. The van der Waals surface area contributed by atoms with Crippen LogP contribution in [0, 0.1) is 13.8 Å². The lowest BCUT2D eigenvalue weighted by Gasteiger charge is -2.10. The van der Waals surface area contributed by atoms with Crippen molar-refractivity contribution in [2.45, 2.75) is 40.3 Å². The Morgan fingerprint density at radius 1 is 1.32 bits per heavy atom. The van der Waals surface area contributed by atoms with Gasteiger partial charge >= 0.3 is 0 Å². The van der Waals surface area contributed by atoms with Crippen LogP contribution < -0.4 is 5.32 Å². The molecule has 0 radical (unpaired) electrons. The minimum atomic E-state index is 0.439. The van der Waals surface area contributed by atoms with Crippen molar-refractivity contribution in [1.82, 2.24) is 20.1 Å². The normalized spacial score (nSPS) is 11.3. The summed E-state index contributed by atoms with van der Waals surface area (Å²) in [6.45, 7) is 8.94. The first kappa shape index (κ1) is 14.0. The Kier molecular flexibility index (Phi) is 4.22. The largest absolute Gasteiger partial charge is 0.310 e. The molecule has 0 aromatic carbocycles. The molecule has 2 aromatic heterocycles. The van der Waals surface area contributed by atoms with Gasteiger partial charge in [-0.1, -0.05) is 25.4 Å². The third-order valence-electron chi connectivity index (χ3n) is 2.80. The summed E-state index contributed by atoms with van der Waals surface area (Å²) in [5.41, 5.74) is 3.06. The summed E-state index contributed by atoms with van der Waals surface area (Å²) in [7, 11) is 0. The molecule has 5 heteroatoms. The van der Waals surface area contributed by atoms with E-state index in [0.29, 0.717) is 16.9 Å². The number of aryl methyl sites for hydroxylation is 2. The molecule has 0 bridgehead atoms. The van der Waals surface area contributed by atoms with Crippen LogP contribution >= 0.6 is 11.6 Å². The minimum Gasteiger partial charge on any atom is -0.310 e. The molecule has 0 aliphatic heterocycles. The van der Waals surface area contributed by atoms with Gasteiger partial charge in [0.2, 0.25) is 0 Å². The number of rotatable bonds is 4. The van der Waals surface area contributed by atoms with Gasteiger partial charge in [0.1, 0.15) is 0 Å². The Balaban J connectivity index is 2.27. The Labute approximate surface area is 118 Å². The van der Waals surface area contributed by atoms with Gasteiger partial charge < -0.3 is 5.32 Å². The molecule has 2 rings (SSSR count). The van der Waals surface area contributed by atoms with Gasteiger partial charge in [-0.25, -0.2) is 9.67 Å². The van der Waals surface area contributed by atoms with E-state index in [1.54, 1.807) is 4.68 Å². The number of aromatic nitrogens is 3. The van der Waals surface area contributed by atoms with Gasteiger partial charge in [0, 0.05) is 24.5 Å². The fraction of sp³-hybridized carbons (Fsp3) is 0.429. The number of hydrogen-bond donors (Lipinski definition) is 1. The molecule has 19 heavy (non-hydrogen) atoms. The highest BCUT2D eigenvalue weighted by atomic mass is 35.5. The molecule has 102 valence electrons. The van der Waals surface area contributed by atoms with E-state index in [0.717, 1.165) is 23.5 Å². The predicted molar refractivity (Wildman–Crippen MR) is 77.8 cm³/mol. The van der Waals surface area contributed by atoms with Gasteiger partial charge in [-0.3, -0.25) is 0 Å². The first-order valence-electron chi connectivity index (χ1n) is 6.39. The average molecular weight is 279 g/mol. The van der Waals surface area contributed by atoms with Crippen LogP contribution in [0.3, 0.4) is 0 Å². The summed E-state index contributed by atoms with van der Waals surface area (Å²) in [6.07, 6.45) is 1.84. The fourth-order valence-electron chi connectivity index (χ4n) is 1.89. The highest BCUT2D eigenvalue weighted by molar-refractivity contribution is 6.32. The minimum absolute atomic E-state index is 0.439. The van der Waals surface area contributed by atoms with Crippen molar-refractivity contribution in [3.63, 3.8) is 0 Å². The molecule has 0 saturated carbocycles. The van der Waals surface area contributed by atoms with E-state index in [-0.39, 0.29) is 0 Å². The van der Waals surface area contributed by atoms with E-state index >= 15 is 0 Å². The van der Waals surface area contributed by atoms with E-state index in [4.69, 9.17) is 11.6 Å². The number of hydrogen-bond acceptors (Lipinski definition) is 3. The lowest BCUT2D eigenvalue weighted by Crippen LogP contribution is -2.22. The van der Waals surface area contributed by atoms with Crippen molar-refractivity contribution < 1.29 is 0 Å². The molecule has 0 spiro atoms. The summed E-state index contributed by atoms with van der Waals surface area (Å²) in [6, 6.07) is 4.39. The van der Waals surface area contributed by atoms with Crippen LogP contribution in [-0.2, 0) is 6.54 Å². The summed E-state index contributed by atoms with van der Waals surface area (Å²) >= 11 is 6.31. The van der Waals surface area contributed by atoms with Crippen LogP contribution in [0.4, 0.5) is 0 Å². The first-order valence-corrected chi connectivity index (χ1v) is 6.76. The first-order chi connectivity index (χ1) is 8.97. The number of halogens is 1. The van der Waals surface area contributed by atoms with E-state index < -0.39 is 0 Å². The molecular formula is C14H19ClN4. The second-order valence-electron chi connectivity index (χ2n) is 5.02. The zero-order valence-electron chi connectivity index (χ0n) is 11.7. The molecule has 0 aliphatic carbocycles. The van der Waals surface area contributed by atoms with E-state index in [9.17, 15) is 0 Å². The quantitative estimate of drug-likeness (QED) is 0.935. The average Bonchev–Trinajstić information content (AvgIpc) is 2.66. The van der Waals surface area contributed by atoms with Crippen LogP contribution in [0.15, 0.2) is 18.3 Å². The molecule has 2 heterocycles. The molecule has 0 amide bonds. The molecule has 0 aliphatic rings. The van der Waals surface area contributed by atoms with Gasteiger partial charge in [0.25, 0.3) is 0 Å². The van der Waals surface area contributed by atoms with E-state index in [2.05, 4.69) is 29.2 Å². The number of nitrogens with zero attached hydrogens (tertiary/aromatic N) is 3. The van der Waals surface area contributed by atoms with E-state index in [1.165, 1.54) is 0 Å². The van der Waals surface area contributed by atoms with Crippen molar-refractivity contribution in [1.29, 1.82) is 0 Å². The maximum absolute atomic E-state index is 6.31. The maximum Gasteiger partial charge on any atom is 0.172 e. The van der Waals surface area contributed by atoms with Crippen molar-refractivity contribution in [3.8, 4) is 5.82 Å². The Bertz CT molecular complexity index is 575. The van der Waals surface area contributed by atoms with Crippen LogP contribution in [-0.4, -0.2) is 20.8 Å². The Morgan fingerprint density at radius 2 is 2.05 bits per heavy atom. The topological polar surface area (TPSA) is 42.7 Å². The SMILES string of the molecule is Cc1cc(C)n(-c2ncc(CNC(C)C)cc2Cl)n1. The van der Waals surface area contributed by atoms with Crippen LogP contribution in [0.25, 0.3) is 5.82 Å². The van der Waals surface area contributed by atoms with Gasteiger partial charge in [0.15, 0.2) is 5.82 Å². The second kappa shape index (κ2) is 5.72. The third-order valence-corrected chi connectivity index (χ3v) is 3.08. The predicted octanol–water partition coefficient (Wildman–Crippen LogP) is 3.04. The van der Waals surface area contributed by atoms with Crippen LogP contribution in [0.5, 0.6) is 0 Å². The third kappa shape index (κ3) is 3.33. The number of pyridine rings is 1. The Morgan fingerprint density at radius 3 is 2.58 bits per heavy atom. The lowest BCUT2D eigenvalue weighted by molar-refractivity contribution is 0.587. The highest BCUT2D eigenvalue weighted by Crippen LogP contribution is 2.20. The zero-order valence-corrected chi connectivity index (χ0v) is 12.5. The molecule has 0 unspecified atom stereocenters. The fourth-order valence-corrected chi connectivity index (χ4v) is 2.16. The van der Waals surface area contributed by atoms with Crippen molar-refractivity contribution in [3.05, 3.63) is 40.3 Å². The molecule has 4 nitrogen and oxygen atoms in total. The van der Waals surface area contributed by atoms with Gasteiger partial charge in [-0.15, -0.1) is 0 Å². The summed E-state index contributed by atoms with van der Waals surface area (Å²) in [5.74, 6) is 0.681.